The van der Waals surface area contributed by atoms with E-state index in [1.807, 2.05) is 17.5 Å². The Labute approximate surface area is 133 Å². The standard InChI is InChI=1S/C16H19N3O2S/c20-16(19-11-13-5-3-9-22-13)14-6-1-7-17-15(14)18-10-12-4-2-8-21-12/h1,3,5-7,9,12H,2,4,8,10-11H2,(H,17,18)(H,19,20)/t12-/m0/s1. The van der Waals surface area contributed by atoms with Crippen molar-refractivity contribution in [1.82, 2.24) is 10.3 Å². The van der Waals surface area contributed by atoms with Gasteiger partial charge in [0.1, 0.15) is 5.82 Å². The largest absolute Gasteiger partial charge is 0.376 e. The molecule has 116 valence electrons. The minimum Gasteiger partial charge on any atom is -0.376 e. The van der Waals surface area contributed by atoms with Gasteiger partial charge in [-0.05, 0) is 36.4 Å². The van der Waals surface area contributed by atoms with Crippen LogP contribution in [0.15, 0.2) is 35.8 Å². The third-order valence-corrected chi connectivity index (χ3v) is 4.45. The first-order valence-electron chi connectivity index (χ1n) is 7.44. The van der Waals surface area contributed by atoms with Crippen LogP contribution in [0, 0.1) is 0 Å². The van der Waals surface area contributed by atoms with Gasteiger partial charge >= 0.3 is 0 Å². The fraction of sp³-hybridized carbons (Fsp3) is 0.375. The highest BCUT2D eigenvalue weighted by atomic mass is 32.1. The maximum atomic E-state index is 12.3. The molecule has 1 aliphatic rings. The molecule has 0 spiro atoms. The normalized spacial score (nSPS) is 17.4. The molecule has 2 aromatic rings. The number of ether oxygens (including phenoxy) is 1. The van der Waals surface area contributed by atoms with Crippen molar-refractivity contribution in [2.75, 3.05) is 18.5 Å². The summed E-state index contributed by atoms with van der Waals surface area (Å²) in [4.78, 5) is 17.8. The van der Waals surface area contributed by atoms with E-state index < -0.39 is 0 Å². The highest BCUT2D eigenvalue weighted by Crippen LogP contribution is 2.16. The predicted molar refractivity (Wildman–Crippen MR) is 87.2 cm³/mol. The zero-order valence-corrected chi connectivity index (χ0v) is 13.1. The number of hydrogen-bond acceptors (Lipinski definition) is 5. The first-order valence-corrected chi connectivity index (χ1v) is 8.32. The summed E-state index contributed by atoms with van der Waals surface area (Å²) < 4.78 is 5.58. The van der Waals surface area contributed by atoms with Crippen molar-refractivity contribution in [2.45, 2.75) is 25.5 Å². The molecule has 2 N–H and O–H groups in total. The minimum absolute atomic E-state index is 0.114. The molecule has 3 rings (SSSR count). The van der Waals surface area contributed by atoms with E-state index in [1.165, 1.54) is 0 Å². The van der Waals surface area contributed by atoms with Gasteiger partial charge in [0.05, 0.1) is 18.2 Å². The van der Waals surface area contributed by atoms with Gasteiger partial charge in [0.25, 0.3) is 5.91 Å². The topological polar surface area (TPSA) is 63.2 Å². The Morgan fingerprint density at radius 3 is 3.14 bits per heavy atom. The Bertz CT molecular complexity index is 610. The van der Waals surface area contributed by atoms with Crippen LogP contribution in [0.3, 0.4) is 0 Å². The molecule has 0 bridgehead atoms. The van der Waals surface area contributed by atoms with Crippen LogP contribution in [-0.2, 0) is 11.3 Å². The van der Waals surface area contributed by atoms with Crippen molar-refractivity contribution in [1.29, 1.82) is 0 Å². The van der Waals surface area contributed by atoms with Crippen molar-refractivity contribution in [2.24, 2.45) is 0 Å². The zero-order chi connectivity index (χ0) is 15.2. The van der Waals surface area contributed by atoms with Crippen LogP contribution in [-0.4, -0.2) is 30.1 Å². The average molecular weight is 317 g/mol. The summed E-state index contributed by atoms with van der Waals surface area (Å²) in [6, 6.07) is 7.54. The summed E-state index contributed by atoms with van der Waals surface area (Å²) in [5.41, 5.74) is 0.567. The molecule has 5 nitrogen and oxygen atoms in total. The van der Waals surface area contributed by atoms with Crippen molar-refractivity contribution in [3.8, 4) is 0 Å². The number of carbonyl (C=O) groups is 1. The minimum atomic E-state index is -0.114. The molecule has 1 aliphatic heterocycles. The first kappa shape index (κ1) is 15.0. The third kappa shape index (κ3) is 3.84. The van der Waals surface area contributed by atoms with Crippen LogP contribution in [0.25, 0.3) is 0 Å². The molecule has 1 saturated heterocycles. The summed E-state index contributed by atoms with van der Waals surface area (Å²) >= 11 is 1.63. The van der Waals surface area contributed by atoms with Crippen LogP contribution in [0.1, 0.15) is 28.1 Å². The quantitative estimate of drug-likeness (QED) is 0.860. The summed E-state index contributed by atoms with van der Waals surface area (Å²) in [6.45, 7) is 2.04. The Hall–Kier alpha value is -1.92. The second-order valence-electron chi connectivity index (χ2n) is 5.18. The number of rotatable bonds is 6. The molecule has 0 aliphatic carbocycles. The molecule has 0 radical (unpaired) electrons. The predicted octanol–water partition coefficient (Wildman–Crippen LogP) is 2.66. The van der Waals surface area contributed by atoms with E-state index in [1.54, 1.807) is 29.7 Å². The SMILES string of the molecule is O=C(NCc1cccs1)c1cccnc1NC[C@@H]1CCCO1. The molecule has 1 amide bonds. The molecular weight excluding hydrogens is 298 g/mol. The van der Waals surface area contributed by atoms with Crippen LogP contribution >= 0.6 is 11.3 Å². The van der Waals surface area contributed by atoms with E-state index in [-0.39, 0.29) is 12.0 Å². The van der Waals surface area contributed by atoms with Crippen molar-refractivity contribution >= 4 is 23.1 Å². The zero-order valence-electron chi connectivity index (χ0n) is 12.2. The Morgan fingerprint density at radius 2 is 2.36 bits per heavy atom. The molecule has 0 aromatic carbocycles. The maximum absolute atomic E-state index is 12.3. The molecule has 2 aromatic heterocycles. The van der Waals surface area contributed by atoms with Crippen LogP contribution in [0.5, 0.6) is 0 Å². The second-order valence-corrected chi connectivity index (χ2v) is 6.21. The Morgan fingerprint density at radius 1 is 1.41 bits per heavy atom. The van der Waals surface area contributed by atoms with Gasteiger partial charge in [-0.15, -0.1) is 11.3 Å². The van der Waals surface area contributed by atoms with Crippen molar-refractivity contribution < 1.29 is 9.53 Å². The molecule has 0 unspecified atom stereocenters. The number of nitrogens with zero attached hydrogens (tertiary/aromatic N) is 1. The fourth-order valence-corrected chi connectivity index (χ4v) is 3.07. The third-order valence-electron chi connectivity index (χ3n) is 3.58. The molecule has 22 heavy (non-hydrogen) atoms. The van der Waals surface area contributed by atoms with E-state index in [9.17, 15) is 4.79 Å². The van der Waals surface area contributed by atoms with Crippen LogP contribution in [0.2, 0.25) is 0 Å². The van der Waals surface area contributed by atoms with Crippen molar-refractivity contribution in [3.05, 3.63) is 46.3 Å². The molecule has 0 saturated carbocycles. The number of amides is 1. The van der Waals surface area contributed by atoms with E-state index >= 15 is 0 Å². The van der Waals surface area contributed by atoms with Crippen molar-refractivity contribution in [3.63, 3.8) is 0 Å². The van der Waals surface area contributed by atoms with Gasteiger partial charge in [-0.3, -0.25) is 4.79 Å². The van der Waals surface area contributed by atoms with E-state index in [2.05, 4.69) is 15.6 Å². The van der Waals surface area contributed by atoms with Crippen LogP contribution < -0.4 is 10.6 Å². The van der Waals surface area contributed by atoms with E-state index in [0.29, 0.717) is 24.5 Å². The lowest BCUT2D eigenvalue weighted by Crippen LogP contribution is -2.25. The maximum Gasteiger partial charge on any atom is 0.255 e. The molecule has 1 atom stereocenters. The molecular formula is C16H19N3O2S. The summed E-state index contributed by atoms with van der Waals surface area (Å²) in [5, 5.41) is 8.17. The van der Waals surface area contributed by atoms with Crippen LogP contribution in [0.4, 0.5) is 5.82 Å². The first-order chi connectivity index (χ1) is 10.8. The number of nitrogens with one attached hydrogen (secondary N) is 2. The fourth-order valence-electron chi connectivity index (χ4n) is 2.42. The number of hydrogen-bond donors (Lipinski definition) is 2. The smallest absolute Gasteiger partial charge is 0.255 e. The molecule has 3 heterocycles. The van der Waals surface area contributed by atoms with E-state index in [4.69, 9.17) is 4.74 Å². The molecule has 1 fully saturated rings. The van der Waals surface area contributed by atoms with Gasteiger partial charge in [0.2, 0.25) is 0 Å². The number of aromatic nitrogens is 1. The Kier molecular flexibility index (Phi) is 5.03. The average Bonchev–Trinajstić information content (AvgIpc) is 3.24. The van der Waals surface area contributed by atoms with E-state index in [0.717, 1.165) is 24.3 Å². The monoisotopic (exact) mass is 317 g/mol. The van der Waals surface area contributed by atoms with Gasteiger partial charge in [-0.25, -0.2) is 4.98 Å². The number of carbonyl (C=O) groups excluding carboxylic acids is 1. The van der Waals surface area contributed by atoms with Gasteiger partial charge in [-0.2, -0.15) is 0 Å². The van der Waals surface area contributed by atoms with Gasteiger partial charge in [-0.1, -0.05) is 6.07 Å². The lowest BCUT2D eigenvalue weighted by atomic mass is 10.2. The Balaban J connectivity index is 1.60. The molecule has 6 heteroatoms. The highest BCUT2D eigenvalue weighted by Gasteiger charge is 2.17. The summed E-state index contributed by atoms with van der Waals surface area (Å²) in [7, 11) is 0. The van der Waals surface area contributed by atoms with Gasteiger partial charge < -0.3 is 15.4 Å². The number of thiophene rings is 1. The summed E-state index contributed by atoms with van der Waals surface area (Å²) in [6.07, 6.45) is 4.06. The van der Waals surface area contributed by atoms with Gasteiger partial charge in [0.15, 0.2) is 0 Å². The highest BCUT2D eigenvalue weighted by molar-refractivity contribution is 7.09. The summed E-state index contributed by atoms with van der Waals surface area (Å²) in [5.74, 6) is 0.498. The number of pyridine rings is 1. The van der Waals surface area contributed by atoms with Gasteiger partial charge in [0, 0.05) is 24.2 Å². The lowest BCUT2D eigenvalue weighted by molar-refractivity contribution is 0.0951. The lowest BCUT2D eigenvalue weighted by Gasteiger charge is -2.14. The second kappa shape index (κ2) is 7.38. The number of anilines is 1.